The van der Waals surface area contributed by atoms with Crippen molar-refractivity contribution in [1.82, 2.24) is 4.98 Å². The number of rotatable bonds is 4. The molecule has 3 N–H and O–H groups in total. The van der Waals surface area contributed by atoms with E-state index in [1.165, 1.54) is 0 Å². The number of carbonyl (C=O) groups is 1. The molecule has 0 fully saturated rings. The molecule has 0 aliphatic carbocycles. The van der Waals surface area contributed by atoms with E-state index in [4.69, 9.17) is 16.1 Å². The van der Waals surface area contributed by atoms with E-state index in [2.05, 4.69) is 4.98 Å². The standard InChI is InChI=1S/C10H9F2N3O2/c11-10(12)7-1-5(3-13)15-8(4-14)6(7)2-9(16)17/h1,10H,2-3,13H2,(H,16,17). The van der Waals surface area contributed by atoms with Crippen molar-refractivity contribution in [3.63, 3.8) is 0 Å². The SMILES string of the molecule is N#Cc1nc(CN)cc(C(F)F)c1CC(=O)O. The van der Waals surface area contributed by atoms with Gasteiger partial charge in [-0.25, -0.2) is 13.8 Å². The number of nitriles is 1. The molecule has 0 atom stereocenters. The number of alkyl halides is 2. The normalized spacial score (nSPS) is 10.3. The fourth-order valence-corrected chi connectivity index (χ4v) is 1.38. The summed E-state index contributed by atoms with van der Waals surface area (Å²) >= 11 is 0. The van der Waals surface area contributed by atoms with Crippen LogP contribution >= 0.6 is 0 Å². The Morgan fingerprint density at radius 3 is 2.71 bits per heavy atom. The summed E-state index contributed by atoms with van der Waals surface area (Å²) in [5.41, 5.74) is 4.32. The van der Waals surface area contributed by atoms with Crippen LogP contribution in [0.4, 0.5) is 8.78 Å². The largest absolute Gasteiger partial charge is 0.481 e. The number of carboxylic acid groups (broad SMARTS) is 1. The minimum absolute atomic E-state index is 0.0955. The Bertz CT molecular complexity index is 483. The lowest BCUT2D eigenvalue weighted by Crippen LogP contribution is -2.11. The highest BCUT2D eigenvalue weighted by molar-refractivity contribution is 5.71. The van der Waals surface area contributed by atoms with Crippen LogP contribution in [-0.4, -0.2) is 16.1 Å². The van der Waals surface area contributed by atoms with E-state index in [0.717, 1.165) is 6.07 Å². The molecule has 0 saturated heterocycles. The topological polar surface area (TPSA) is 100 Å². The van der Waals surface area contributed by atoms with Gasteiger partial charge in [-0.1, -0.05) is 0 Å². The molecule has 1 heterocycles. The zero-order chi connectivity index (χ0) is 13.0. The Morgan fingerprint density at radius 1 is 1.65 bits per heavy atom. The van der Waals surface area contributed by atoms with Crippen molar-refractivity contribution < 1.29 is 18.7 Å². The molecule has 1 rings (SSSR count). The zero-order valence-corrected chi connectivity index (χ0v) is 8.65. The van der Waals surface area contributed by atoms with Crippen molar-refractivity contribution >= 4 is 5.97 Å². The summed E-state index contributed by atoms with van der Waals surface area (Å²) in [4.78, 5) is 14.3. The zero-order valence-electron chi connectivity index (χ0n) is 8.65. The first-order valence-electron chi connectivity index (χ1n) is 4.62. The Balaban J connectivity index is 3.42. The molecule has 0 aromatic carbocycles. The molecule has 17 heavy (non-hydrogen) atoms. The van der Waals surface area contributed by atoms with Crippen LogP contribution < -0.4 is 5.73 Å². The van der Waals surface area contributed by atoms with E-state index in [9.17, 15) is 13.6 Å². The van der Waals surface area contributed by atoms with Gasteiger partial charge in [0.05, 0.1) is 12.1 Å². The van der Waals surface area contributed by atoms with Gasteiger partial charge >= 0.3 is 5.97 Å². The average Bonchev–Trinajstić information content (AvgIpc) is 2.28. The van der Waals surface area contributed by atoms with Gasteiger partial charge in [-0.05, 0) is 6.07 Å². The first kappa shape index (κ1) is 13.0. The third-order valence-corrected chi connectivity index (χ3v) is 2.09. The number of aromatic nitrogens is 1. The number of hydrogen-bond donors (Lipinski definition) is 2. The quantitative estimate of drug-likeness (QED) is 0.818. The van der Waals surface area contributed by atoms with Gasteiger partial charge in [0.2, 0.25) is 0 Å². The van der Waals surface area contributed by atoms with Gasteiger partial charge in [0, 0.05) is 17.7 Å². The third kappa shape index (κ3) is 2.95. The number of halogens is 2. The highest BCUT2D eigenvalue weighted by Gasteiger charge is 2.20. The Kier molecular flexibility index (Phi) is 4.06. The van der Waals surface area contributed by atoms with E-state index >= 15 is 0 Å². The summed E-state index contributed by atoms with van der Waals surface area (Å²) in [7, 11) is 0. The summed E-state index contributed by atoms with van der Waals surface area (Å²) in [6.45, 7) is -0.0955. The molecule has 0 unspecified atom stereocenters. The molecule has 0 aliphatic heterocycles. The van der Waals surface area contributed by atoms with Crippen molar-refractivity contribution in [2.24, 2.45) is 5.73 Å². The molecule has 0 bridgehead atoms. The van der Waals surface area contributed by atoms with Crippen molar-refractivity contribution in [3.05, 3.63) is 28.6 Å². The monoisotopic (exact) mass is 241 g/mol. The van der Waals surface area contributed by atoms with Crippen LogP contribution in [0.5, 0.6) is 0 Å². The molecule has 0 spiro atoms. The van der Waals surface area contributed by atoms with E-state index in [1.54, 1.807) is 6.07 Å². The maximum Gasteiger partial charge on any atom is 0.307 e. The number of nitrogens with zero attached hydrogens (tertiary/aromatic N) is 2. The smallest absolute Gasteiger partial charge is 0.307 e. The molecular weight excluding hydrogens is 232 g/mol. The van der Waals surface area contributed by atoms with E-state index < -0.39 is 24.4 Å². The maximum absolute atomic E-state index is 12.7. The van der Waals surface area contributed by atoms with Crippen LogP contribution in [0.3, 0.4) is 0 Å². The molecular formula is C10H9F2N3O2. The van der Waals surface area contributed by atoms with E-state index in [0.29, 0.717) is 0 Å². The second-order valence-corrected chi connectivity index (χ2v) is 3.22. The predicted molar refractivity (Wildman–Crippen MR) is 53.1 cm³/mol. The lowest BCUT2D eigenvalue weighted by Gasteiger charge is -2.10. The van der Waals surface area contributed by atoms with Crippen molar-refractivity contribution in [1.29, 1.82) is 5.26 Å². The molecule has 1 aromatic rings. The average molecular weight is 241 g/mol. The highest BCUT2D eigenvalue weighted by Crippen LogP contribution is 2.26. The highest BCUT2D eigenvalue weighted by atomic mass is 19.3. The summed E-state index contributed by atoms with van der Waals surface area (Å²) in [6, 6.07) is 2.64. The van der Waals surface area contributed by atoms with Gasteiger partial charge in [-0.3, -0.25) is 4.79 Å². The van der Waals surface area contributed by atoms with Crippen LogP contribution in [0.2, 0.25) is 0 Å². The van der Waals surface area contributed by atoms with Gasteiger partial charge < -0.3 is 10.8 Å². The maximum atomic E-state index is 12.7. The summed E-state index contributed by atoms with van der Waals surface area (Å²) < 4.78 is 25.5. The van der Waals surface area contributed by atoms with Crippen molar-refractivity contribution in [2.45, 2.75) is 19.4 Å². The molecule has 0 radical (unpaired) electrons. The molecule has 0 aliphatic rings. The second-order valence-electron chi connectivity index (χ2n) is 3.22. The van der Waals surface area contributed by atoms with Crippen molar-refractivity contribution in [2.75, 3.05) is 0 Å². The molecule has 0 amide bonds. The fraction of sp³-hybridized carbons (Fsp3) is 0.300. The third-order valence-electron chi connectivity index (χ3n) is 2.09. The molecule has 90 valence electrons. The Labute approximate surface area is 95.5 Å². The summed E-state index contributed by atoms with van der Waals surface area (Å²) in [5, 5.41) is 17.4. The first-order valence-corrected chi connectivity index (χ1v) is 4.62. The number of carboxylic acids is 1. The molecule has 5 nitrogen and oxygen atoms in total. The van der Waals surface area contributed by atoms with Gasteiger partial charge in [0.1, 0.15) is 11.8 Å². The second kappa shape index (κ2) is 5.32. The van der Waals surface area contributed by atoms with Gasteiger partial charge in [-0.15, -0.1) is 0 Å². The molecule has 7 heteroatoms. The van der Waals surface area contributed by atoms with E-state index in [1.807, 2.05) is 0 Å². The Morgan fingerprint density at radius 2 is 2.29 bits per heavy atom. The van der Waals surface area contributed by atoms with Gasteiger partial charge in [0.15, 0.2) is 0 Å². The molecule has 0 saturated carbocycles. The van der Waals surface area contributed by atoms with Crippen LogP contribution in [0, 0.1) is 11.3 Å². The minimum atomic E-state index is -2.87. The van der Waals surface area contributed by atoms with Crippen LogP contribution in [0.1, 0.15) is 28.9 Å². The first-order chi connectivity index (χ1) is 7.99. The number of hydrogen-bond acceptors (Lipinski definition) is 4. The number of nitrogens with two attached hydrogens (primary N) is 1. The molecule has 1 aromatic heterocycles. The Hall–Kier alpha value is -2.07. The van der Waals surface area contributed by atoms with Crippen LogP contribution in [-0.2, 0) is 17.8 Å². The van der Waals surface area contributed by atoms with Crippen molar-refractivity contribution in [3.8, 4) is 6.07 Å². The number of aliphatic carboxylic acids is 1. The van der Waals surface area contributed by atoms with E-state index in [-0.39, 0.29) is 23.5 Å². The predicted octanol–water partition coefficient (Wildman–Crippen LogP) is 0.977. The lowest BCUT2D eigenvalue weighted by molar-refractivity contribution is -0.136. The minimum Gasteiger partial charge on any atom is -0.481 e. The summed E-state index contributed by atoms with van der Waals surface area (Å²) in [5.74, 6) is -1.30. The van der Waals surface area contributed by atoms with Gasteiger partial charge in [-0.2, -0.15) is 5.26 Å². The van der Waals surface area contributed by atoms with Crippen LogP contribution in [0.15, 0.2) is 6.07 Å². The fourth-order valence-electron chi connectivity index (χ4n) is 1.38. The van der Waals surface area contributed by atoms with Gasteiger partial charge in [0.25, 0.3) is 6.43 Å². The summed E-state index contributed by atoms with van der Waals surface area (Å²) in [6.07, 6.45) is -3.54. The number of pyridine rings is 1. The lowest BCUT2D eigenvalue weighted by atomic mass is 10.0. The van der Waals surface area contributed by atoms with Crippen LogP contribution in [0.25, 0.3) is 0 Å².